The van der Waals surface area contributed by atoms with Gasteiger partial charge >= 0.3 is 0 Å². The van der Waals surface area contributed by atoms with Crippen molar-refractivity contribution < 1.29 is 14.6 Å². The second-order valence-electron chi connectivity index (χ2n) is 5.88. The number of hydrogen-bond acceptors (Lipinski definition) is 8. The average molecular weight is 457 g/mol. The fourth-order valence-corrected chi connectivity index (χ4v) is 3.98. The number of halogens is 1. The third-order valence-electron chi connectivity index (χ3n) is 3.93. The van der Waals surface area contributed by atoms with Crippen LogP contribution in [0.25, 0.3) is 6.08 Å². The second kappa shape index (κ2) is 7.61. The van der Waals surface area contributed by atoms with Crippen molar-refractivity contribution >= 4 is 45.5 Å². The fraction of sp³-hybridized carbons (Fsp3) is 0.0526. The number of allylic oxidation sites excluding steroid dienone is 1. The highest BCUT2D eigenvalue weighted by molar-refractivity contribution is 9.10. The van der Waals surface area contributed by atoms with E-state index in [9.17, 15) is 9.90 Å². The molecule has 140 valence electrons. The van der Waals surface area contributed by atoms with Gasteiger partial charge in [0.05, 0.1) is 10.5 Å². The normalized spacial score (nSPS) is 14.3. The number of Topliss-reactive ketones (excluding diaryl/α,β-unsaturated/α-hetero) is 1. The molecule has 0 unspecified atom stereocenters. The van der Waals surface area contributed by atoms with Crippen molar-refractivity contribution in [2.45, 2.75) is 11.6 Å². The number of phenols is 1. The van der Waals surface area contributed by atoms with E-state index in [2.05, 4.69) is 30.9 Å². The van der Waals surface area contributed by atoms with Gasteiger partial charge < -0.3 is 15.6 Å². The van der Waals surface area contributed by atoms with Gasteiger partial charge in [-0.1, -0.05) is 27.7 Å². The van der Waals surface area contributed by atoms with E-state index in [-0.39, 0.29) is 29.8 Å². The summed E-state index contributed by atoms with van der Waals surface area (Å²) in [5, 5.41) is 10.9. The highest BCUT2D eigenvalue weighted by Crippen LogP contribution is 2.41. The molecule has 0 saturated carbocycles. The van der Waals surface area contributed by atoms with Crippen LogP contribution in [-0.4, -0.2) is 25.8 Å². The number of nitrogens with zero attached hydrogens (tertiary/aromatic N) is 3. The summed E-state index contributed by atoms with van der Waals surface area (Å²) in [4.78, 5) is 25.1. The van der Waals surface area contributed by atoms with Crippen LogP contribution in [0.2, 0.25) is 0 Å². The summed E-state index contributed by atoms with van der Waals surface area (Å²) < 4.78 is 6.32. The Balaban J connectivity index is 1.59. The number of aromatic nitrogens is 3. The number of carbonyl (C=O) groups is 1. The monoisotopic (exact) mass is 456 g/mol. The Bertz CT molecular complexity index is 1100. The maximum Gasteiger partial charge on any atom is 0.219 e. The van der Waals surface area contributed by atoms with Crippen molar-refractivity contribution in [2.24, 2.45) is 0 Å². The van der Waals surface area contributed by atoms with E-state index in [1.165, 1.54) is 17.8 Å². The molecule has 1 aliphatic heterocycles. The molecule has 4 rings (SSSR count). The molecule has 0 fully saturated rings. The first-order valence-corrected chi connectivity index (χ1v) is 9.73. The van der Waals surface area contributed by atoms with Gasteiger partial charge in [0.1, 0.15) is 11.6 Å². The van der Waals surface area contributed by atoms with E-state index in [4.69, 9.17) is 10.5 Å². The molecule has 0 saturated heterocycles. The summed E-state index contributed by atoms with van der Waals surface area (Å²) in [5.74, 6) is 0.353. The highest BCUT2D eigenvalue weighted by Gasteiger charge is 2.27. The minimum Gasteiger partial charge on any atom is -0.504 e. The van der Waals surface area contributed by atoms with Gasteiger partial charge in [0.15, 0.2) is 11.5 Å². The van der Waals surface area contributed by atoms with Crippen LogP contribution in [0.3, 0.4) is 0 Å². The summed E-state index contributed by atoms with van der Waals surface area (Å²) in [5.41, 5.74) is 7.46. The van der Waals surface area contributed by atoms with Crippen molar-refractivity contribution in [3.8, 4) is 11.5 Å². The molecule has 3 N–H and O–H groups in total. The van der Waals surface area contributed by atoms with Crippen LogP contribution in [0.4, 0.5) is 5.95 Å². The number of pyridine rings is 1. The maximum atomic E-state index is 12.6. The second-order valence-corrected chi connectivity index (χ2v) is 7.76. The van der Waals surface area contributed by atoms with Gasteiger partial charge in [-0.3, -0.25) is 4.79 Å². The number of ether oxygens (including phenoxy) is 1. The third-order valence-corrected chi connectivity index (χ3v) is 5.66. The number of ketones is 1. The van der Waals surface area contributed by atoms with Crippen molar-refractivity contribution in [1.82, 2.24) is 15.0 Å². The number of hydrogen-bond donors (Lipinski definition) is 2. The Kier molecular flexibility index (Phi) is 5.01. The van der Waals surface area contributed by atoms with Gasteiger partial charge in [0.2, 0.25) is 11.7 Å². The van der Waals surface area contributed by atoms with E-state index in [0.717, 1.165) is 0 Å². The molecule has 1 aromatic carbocycles. The Morgan fingerprint density at radius 2 is 2.04 bits per heavy atom. The number of rotatable bonds is 4. The first-order valence-electron chi connectivity index (χ1n) is 8.12. The van der Waals surface area contributed by atoms with Crippen LogP contribution in [0.5, 0.6) is 11.5 Å². The predicted octanol–water partition coefficient (Wildman–Crippen LogP) is 3.83. The topological polar surface area (TPSA) is 111 Å². The third kappa shape index (κ3) is 3.71. The Hall–Kier alpha value is -2.91. The number of fused-ring (bicyclic) bond motifs is 1. The zero-order chi connectivity index (χ0) is 19.7. The number of thioether (sulfide) groups is 1. The number of anilines is 1. The first-order chi connectivity index (χ1) is 13.5. The summed E-state index contributed by atoms with van der Waals surface area (Å²) >= 11 is 4.73. The van der Waals surface area contributed by atoms with E-state index >= 15 is 0 Å². The number of aromatic hydroxyl groups is 1. The number of nitrogen functional groups attached to an aromatic ring is 1. The average Bonchev–Trinajstić information content (AvgIpc) is 3.00. The van der Waals surface area contributed by atoms with Crippen molar-refractivity contribution in [3.63, 3.8) is 0 Å². The van der Waals surface area contributed by atoms with Gasteiger partial charge in [-0.2, -0.15) is 0 Å². The zero-order valence-corrected chi connectivity index (χ0v) is 16.7. The molecule has 28 heavy (non-hydrogen) atoms. The van der Waals surface area contributed by atoms with Crippen LogP contribution >= 0.6 is 27.7 Å². The van der Waals surface area contributed by atoms with Gasteiger partial charge in [0, 0.05) is 28.6 Å². The van der Waals surface area contributed by atoms with E-state index < -0.39 is 0 Å². The molecule has 0 atom stereocenters. The Morgan fingerprint density at radius 3 is 2.79 bits per heavy atom. The van der Waals surface area contributed by atoms with Crippen LogP contribution in [0.15, 0.2) is 57.3 Å². The summed E-state index contributed by atoms with van der Waals surface area (Å²) in [6.07, 6.45) is 6.52. The predicted molar refractivity (Wildman–Crippen MR) is 109 cm³/mol. The van der Waals surface area contributed by atoms with Crippen LogP contribution in [-0.2, 0) is 6.61 Å². The molecule has 3 heterocycles. The Labute approximate surface area is 172 Å². The highest BCUT2D eigenvalue weighted by atomic mass is 79.9. The lowest BCUT2D eigenvalue weighted by atomic mass is 10.1. The molecule has 7 nitrogen and oxygen atoms in total. The fourth-order valence-electron chi connectivity index (χ4n) is 2.55. The standard InChI is InChI=1S/C19H13BrN4O3S/c20-13-6-14(25)15(27-9-10-7-23-19(21)24-8-10)4-11(13)5-16-17(26)12-2-1-3-22-18(12)28-16/h1-8,25H,9H2,(H2,21,23,24)/b16-5-. The van der Waals surface area contributed by atoms with Crippen molar-refractivity contribution in [3.05, 3.63) is 68.9 Å². The van der Waals surface area contributed by atoms with Crippen molar-refractivity contribution in [1.29, 1.82) is 0 Å². The Morgan fingerprint density at radius 1 is 1.25 bits per heavy atom. The van der Waals surface area contributed by atoms with E-state index in [1.54, 1.807) is 42.9 Å². The van der Waals surface area contributed by atoms with Gasteiger partial charge in [-0.15, -0.1) is 0 Å². The lowest BCUT2D eigenvalue weighted by molar-refractivity contribution is 0.104. The van der Waals surface area contributed by atoms with Crippen LogP contribution in [0.1, 0.15) is 21.5 Å². The smallest absolute Gasteiger partial charge is 0.219 e. The largest absolute Gasteiger partial charge is 0.504 e. The molecule has 0 spiro atoms. The molecule has 0 aliphatic carbocycles. The van der Waals surface area contributed by atoms with Gasteiger partial charge in [0.25, 0.3) is 0 Å². The number of benzene rings is 1. The molecule has 0 bridgehead atoms. The van der Waals surface area contributed by atoms with E-state index in [1.807, 2.05) is 0 Å². The number of nitrogens with two attached hydrogens (primary N) is 1. The van der Waals surface area contributed by atoms with Gasteiger partial charge in [-0.25, -0.2) is 15.0 Å². The van der Waals surface area contributed by atoms with Crippen LogP contribution in [0, 0.1) is 0 Å². The quantitative estimate of drug-likeness (QED) is 0.569. The molecule has 2 aromatic heterocycles. The molecule has 3 aromatic rings. The summed E-state index contributed by atoms with van der Waals surface area (Å²) in [6.45, 7) is 0.161. The first kappa shape index (κ1) is 18.5. The number of carbonyl (C=O) groups excluding carboxylic acids is 1. The molecule has 0 radical (unpaired) electrons. The molecule has 0 amide bonds. The minimum atomic E-state index is -0.0745. The maximum absolute atomic E-state index is 12.6. The number of phenolic OH excluding ortho intramolecular Hbond substituents is 1. The van der Waals surface area contributed by atoms with Crippen LogP contribution < -0.4 is 10.5 Å². The molecule has 9 heteroatoms. The minimum absolute atomic E-state index is 0.0271. The lowest BCUT2D eigenvalue weighted by Crippen LogP contribution is -2.00. The summed E-state index contributed by atoms with van der Waals surface area (Å²) in [7, 11) is 0. The molecule has 1 aliphatic rings. The SMILES string of the molecule is Nc1ncc(COc2cc(/C=C3\Sc4ncccc4C3=O)c(Br)cc2O)cn1. The summed E-state index contributed by atoms with van der Waals surface area (Å²) in [6, 6.07) is 6.68. The van der Waals surface area contributed by atoms with E-state index in [0.29, 0.717) is 31.1 Å². The van der Waals surface area contributed by atoms with Gasteiger partial charge in [-0.05, 0) is 35.9 Å². The molecular formula is C19H13BrN4O3S. The zero-order valence-electron chi connectivity index (χ0n) is 14.3. The van der Waals surface area contributed by atoms with Crippen molar-refractivity contribution in [2.75, 3.05) is 5.73 Å². The lowest BCUT2D eigenvalue weighted by Gasteiger charge is -2.10. The molecular weight excluding hydrogens is 444 g/mol.